The van der Waals surface area contributed by atoms with Crippen LogP contribution in [0.25, 0.3) is 11.8 Å². The van der Waals surface area contributed by atoms with Crippen LogP contribution in [0.3, 0.4) is 0 Å². The first-order chi connectivity index (χ1) is 18.3. The van der Waals surface area contributed by atoms with Crippen molar-refractivity contribution in [2.24, 2.45) is 0 Å². The van der Waals surface area contributed by atoms with Crippen molar-refractivity contribution in [3.05, 3.63) is 118 Å². The monoisotopic (exact) mass is 537 g/mol. The summed E-state index contributed by atoms with van der Waals surface area (Å²) in [7, 11) is 0. The summed E-state index contributed by atoms with van der Waals surface area (Å²) in [6.07, 6.45) is 3.40. The van der Waals surface area contributed by atoms with E-state index in [2.05, 4.69) is 5.32 Å². The van der Waals surface area contributed by atoms with Crippen LogP contribution in [0, 0.1) is 18.5 Å². The molecular formula is C30H23N3O3S2. The van der Waals surface area contributed by atoms with Gasteiger partial charge in [0.2, 0.25) is 0 Å². The number of aromatic nitrogens is 1. The number of benzene rings is 3. The summed E-state index contributed by atoms with van der Waals surface area (Å²) in [6, 6.07) is 25.9. The van der Waals surface area contributed by atoms with Crippen LogP contribution in [0.15, 0.2) is 96.7 Å². The van der Waals surface area contributed by atoms with E-state index in [0.717, 1.165) is 16.8 Å². The first-order valence-electron chi connectivity index (χ1n) is 11.9. The molecule has 0 saturated carbocycles. The summed E-state index contributed by atoms with van der Waals surface area (Å²) >= 11 is 11.1. The number of hydrogen-bond acceptors (Lipinski definition) is 5. The Morgan fingerprint density at radius 1 is 0.789 bits per heavy atom. The molecule has 4 aromatic rings. The number of ether oxygens (including phenoxy) is 1. The second-order valence-electron chi connectivity index (χ2n) is 8.75. The number of nitrogens with one attached hydrogen (secondary N) is 1. The van der Waals surface area contributed by atoms with Gasteiger partial charge in [-0.05, 0) is 85.7 Å². The maximum atomic E-state index is 13.5. The molecule has 5 rings (SSSR count). The number of para-hydroxylation sites is 2. The summed E-state index contributed by atoms with van der Waals surface area (Å²) in [5, 5.41) is 2.63. The van der Waals surface area contributed by atoms with Crippen LogP contribution in [-0.2, 0) is 9.59 Å². The number of rotatable bonds is 5. The van der Waals surface area contributed by atoms with E-state index in [1.807, 2.05) is 79.2 Å². The van der Waals surface area contributed by atoms with Crippen molar-refractivity contribution >= 4 is 53.1 Å². The zero-order valence-electron chi connectivity index (χ0n) is 20.7. The van der Waals surface area contributed by atoms with Gasteiger partial charge in [-0.15, -0.1) is 0 Å². The largest absolute Gasteiger partial charge is 0.457 e. The molecule has 0 unspecified atom stereocenters. The lowest BCUT2D eigenvalue weighted by molar-refractivity contribution is -0.122. The number of nitrogens with zero attached hydrogens (tertiary/aromatic N) is 2. The number of aryl methyl sites for hydroxylation is 2. The number of carbonyl (C=O) groups excluding carboxylic acids is 2. The van der Waals surface area contributed by atoms with Crippen molar-refractivity contribution in [1.82, 2.24) is 9.88 Å². The van der Waals surface area contributed by atoms with Gasteiger partial charge in [-0.1, -0.05) is 54.7 Å². The number of anilines is 1. The summed E-state index contributed by atoms with van der Waals surface area (Å²) < 4.78 is 8.22. The Morgan fingerprint density at radius 3 is 2.13 bits per heavy atom. The van der Waals surface area contributed by atoms with Crippen LogP contribution in [-0.4, -0.2) is 21.5 Å². The maximum absolute atomic E-state index is 13.5. The molecule has 1 aliphatic rings. The average Bonchev–Trinajstić information content (AvgIpc) is 2.89. The first-order valence-corrected chi connectivity index (χ1v) is 12.7. The highest BCUT2D eigenvalue weighted by atomic mass is 32.1. The summed E-state index contributed by atoms with van der Waals surface area (Å²) in [5.74, 6) is 0.193. The summed E-state index contributed by atoms with van der Waals surface area (Å²) in [5.41, 5.74) is 4.11. The lowest BCUT2D eigenvalue weighted by atomic mass is 10.1. The molecule has 1 N–H and O–H groups in total. The number of thiocarbonyl (C=S) groups is 1. The summed E-state index contributed by atoms with van der Waals surface area (Å²) in [4.78, 5) is 27.7. The topological polar surface area (TPSA) is 63.6 Å². The molecule has 0 spiro atoms. The van der Waals surface area contributed by atoms with Gasteiger partial charge in [-0.2, -0.15) is 0 Å². The van der Waals surface area contributed by atoms with Crippen molar-refractivity contribution in [3.63, 3.8) is 0 Å². The fraction of sp³-hybridized carbons (Fsp3) is 0.0667. The van der Waals surface area contributed by atoms with Crippen LogP contribution < -0.4 is 15.0 Å². The van der Waals surface area contributed by atoms with Gasteiger partial charge in [0.15, 0.2) is 5.11 Å². The minimum atomic E-state index is -0.572. The van der Waals surface area contributed by atoms with Crippen molar-refractivity contribution in [1.29, 1.82) is 0 Å². The van der Waals surface area contributed by atoms with Gasteiger partial charge in [-0.25, -0.2) is 0 Å². The van der Waals surface area contributed by atoms with E-state index in [1.54, 1.807) is 30.3 Å². The Balaban J connectivity index is 1.47. The second-order valence-corrected chi connectivity index (χ2v) is 9.52. The number of pyridine rings is 1. The summed E-state index contributed by atoms with van der Waals surface area (Å²) in [6.45, 7) is 4.03. The molecule has 38 heavy (non-hydrogen) atoms. The van der Waals surface area contributed by atoms with Crippen LogP contribution in [0.4, 0.5) is 5.69 Å². The van der Waals surface area contributed by atoms with Crippen LogP contribution >= 0.6 is 24.4 Å². The minimum absolute atomic E-state index is 0.00568. The van der Waals surface area contributed by atoms with Crippen molar-refractivity contribution < 1.29 is 14.3 Å². The third-order valence-electron chi connectivity index (χ3n) is 6.13. The van der Waals surface area contributed by atoms with E-state index in [1.165, 1.54) is 11.0 Å². The number of hydrogen-bond donors (Lipinski definition) is 1. The predicted molar refractivity (Wildman–Crippen MR) is 155 cm³/mol. The second kappa shape index (κ2) is 10.5. The smallest absolute Gasteiger partial charge is 0.270 e. The number of carbonyl (C=O) groups is 2. The van der Waals surface area contributed by atoms with E-state index < -0.39 is 11.8 Å². The first kappa shape index (κ1) is 25.3. The third kappa shape index (κ3) is 4.91. The Bertz CT molecular complexity index is 1640. The molecule has 3 aromatic carbocycles. The Hall–Kier alpha value is -4.40. The predicted octanol–water partition coefficient (Wildman–Crippen LogP) is 6.45. The fourth-order valence-corrected chi connectivity index (χ4v) is 4.88. The van der Waals surface area contributed by atoms with E-state index in [-0.39, 0.29) is 10.7 Å². The Labute approximate surface area is 230 Å². The highest BCUT2D eigenvalue weighted by Gasteiger charge is 2.34. The maximum Gasteiger partial charge on any atom is 0.270 e. The zero-order chi connectivity index (χ0) is 26.8. The molecule has 0 atom stereocenters. The van der Waals surface area contributed by atoms with Crippen LogP contribution in [0.1, 0.15) is 16.7 Å². The molecule has 0 radical (unpaired) electrons. The lowest BCUT2D eigenvalue weighted by Crippen LogP contribution is -2.54. The molecule has 1 aliphatic heterocycles. The van der Waals surface area contributed by atoms with Gasteiger partial charge in [0.25, 0.3) is 11.8 Å². The van der Waals surface area contributed by atoms with Crippen molar-refractivity contribution in [2.75, 3.05) is 4.90 Å². The zero-order valence-corrected chi connectivity index (χ0v) is 22.3. The van der Waals surface area contributed by atoms with Gasteiger partial charge in [0.05, 0.1) is 11.4 Å². The van der Waals surface area contributed by atoms with E-state index in [0.29, 0.717) is 27.4 Å². The molecule has 0 bridgehead atoms. The normalized spacial score (nSPS) is 14.5. The molecule has 2 heterocycles. The minimum Gasteiger partial charge on any atom is -0.457 e. The molecule has 8 heteroatoms. The molecule has 1 fully saturated rings. The Morgan fingerprint density at radius 2 is 1.45 bits per heavy atom. The van der Waals surface area contributed by atoms with Gasteiger partial charge in [-0.3, -0.25) is 19.8 Å². The van der Waals surface area contributed by atoms with E-state index in [4.69, 9.17) is 29.2 Å². The lowest BCUT2D eigenvalue weighted by Gasteiger charge is -2.29. The SMILES string of the molecule is Cc1cccc(C)c1-n1cccc(/C=C2\C(=O)NC(=S)N(c3ccc(Oc4ccccc4)cc3)C2=O)c1=S. The quantitative estimate of drug-likeness (QED) is 0.180. The molecule has 6 nitrogen and oxygen atoms in total. The Kier molecular flexibility index (Phi) is 7.00. The van der Waals surface area contributed by atoms with Gasteiger partial charge in [0.1, 0.15) is 21.7 Å². The molecule has 2 amide bonds. The molecule has 188 valence electrons. The van der Waals surface area contributed by atoms with E-state index in [9.17, 15) is 9.59 Å². The van der Waals surface area contributed by atoms with Gasteiger partial charge >= 0.3 is 0 Å². The highest BCUT2D eigenvalue weighted by molar-refractivity contribution is 7.80. The van der Waals surface area contributed by atoms with Crippen molar-refractivity contribution in [2.45, 2.75) is 13.8 Å². The average molecular weight is 538 g/mol. The van der Waals surface area contributed by atoms with Crippen molar-refractivity contribution in [3.8, 4) is 17.2 Å². The van der Waals surface area contributed by atoms with Gasteiger partial charge in [0, 0.05) is 11.8 Å². The van der Waals surface area contributed by atoms with Gasteiger partial charge < -0.3 is 9.30 Å². The van der Waals surface area contributed by atoms with Crippen LogP contribution in [0.2, 0.25) is 0 Å². The molecule has 0 aliphatic carbocycles. The highest BCUT2D eigenvalue weighted by Crippen LogP contribution is 2.28. The molecule has 1 aromatic heterocycles. The number of amides is 2. The third-order valence-corrected chi connectivity index (χ3v) is 6.85. The molecule has 1 saturated heterocycles. The molecular weight excluding hydrogens is 514 g/mol. The standard InChI is InChI=1S/C30H23N3O3S2/c1-19-8-6-9-20(2)26(19)32-17-7-10-21(29(32)37)18-25-27(34)31-30(38)33(28(25)35)22-13-15-24(16-14-22)36-23-11-4-3-5-12-23/h3-18H,1-2H3,(H,31,34,38)/b25-18+. The fourth-order valence-electron chi connectivity index (χ4n) is 4.32. The van der Waals surface area contributed by atoms with E-state index >= 15 is 0 Å². The van der Waals surface area contributed by atoms with Crippen LogP contribution in [0.5, 0.6) is 11.5 Å².